The number of rotatable bonds is 3. The monoisotopic (exact) mass is 309 g/mol. The summed E-state index contributed by atoms with van der Waals surface area (Å²) < 4.78 is 0. The molecule has 0 heterocycles. The van der Waals surface area contributed by atoms with Gasteiger partial charge >= 0.3 is 11.8 Å². The zero-order chi connectivity index (χ0) is 16.8. The van der Waals surface area contributed by atoms with Crippen LogP contribution in [-0.2, 0) is 9.59 Å². The Morgan fingerprint density at radius 1 is 0.913 bits per heavy atom. The lowest BCUT2D eigenvalue weighted by Gasteiger charge is -2.10. The third-order valence-electron chi connectivity index (χ3n) is 3.38. The fourth-order valence-electron chi connectivity index (χ4n) is 2.05. The second kappa shape index (κ2) is 7.35. The Labute approximate surface area is 135 Å². The lowest BCUT2D eigenvalue weighted by molar-refractivity contribution is -0.136. The molecule has 0 aromatic heterocycles. The highest BCUT2D eigenvalue weighted by Gasteiger charge is 2.14. The summed E-state index contributed by atoms with van der Waals surface area (Å²) in [5, 5.41) is 6.40. The van der Waals surface area contributed by atoms with Gasteiger partial charge in [0.2, 0.25) is 0 Å². The van der Waals surface area contributed by atoms with E-state index in [4.69, 9.17) is 0 Å². The second-order valence-corrected chi connectivity index (χ2v) is 5.33. The molecule has 5 nitrogen and oxygen atoms in total. The molecule has 2 aromatic rings. The number of amides is 2. The average Bonchev–Trinajstić information content (AvgIpc) is 2.52. The minimum atomic E-state index is -0.809. The second-order valence-electron chi connectivity index (χ2n) is 5.33. The Kier molecular flexibility index (Phi) is 5.25. The zero-order valence-corrected chi connectivity index (χ0v) is 13.4. The van der Waals surface area contributed by atoms with Crippen LogP contribution in [0.15, 0.2) is 47.6 Å². The molecule has 5 heteroatoms. The van der Waals surface area contributed by atoms with Gasteiger partial charge in [-0.3, -0.25) is 9.59 Å². The SMILES string of the molecule is Cc1ccc(/C=N\NC(=O)C(=O)Nc2c(C)cccc2C)cc1. The summed E-state index contributed by atoms with van der Waals surface area (Å²) in [6.07, 6.45) is 1.49. The quantitative estimate of drug-likeness (QED) is 0.520. The number of hydrazone groups is 1. The summed E-state index contributed by atoms with van der Waals surface area (Å²) in [7, 11) is 0. The number of nitrogens with zero attached hydrogens (tertiary/aromatic N) is 1. The molecule has 0 saturated carbocycles. The number of anilines is 1. The van der Waals surface area contributed by atoms with Crippen molar-refractivity contribution >= 4 is 23.7 Å². The first-order valence-corrected chi connectivity index (χ1v) is 7.24. The van der Waals surface area contributed by atoms with Gasteiger partial charge in [0.15, 0.2) is 0 Å². The number of hydrogen-bond donors (Lipinski definition) is 2. The predicted octanol–water partition coefficient (Wildman–Crippen LogP) is 2.70. The summed E-state index contributed by atoms with van der Waals surface area (Å²) in [5.74, 6) is -1.56. The van der Waals surface area contributed by atoms with E-state index >= 15 is 0 Å². The number of nitrogens with one attached hydrogen (secondary N) is 2. The molecule has 0 aliphatic heterocycles. The van der Waals surface area contributed by atoms with Crippen LogP contribution in [0.5, 0.6) is 0 Å². The van der Waals surface area contributed by atoms with Gasteiger partial charge in [0.1, 0.15) is 0 Å². The topological polar surface area (TPSA) is 70.6 Å². The summed E-state index contributed by atoms with van der Waals surface area (Å²) in [4.78, 5) is 23.7. The van der Waals surface area contributed by atoms with Crippen molar-refractivity contribution in [3.8, 4) is 0 Å². The maximum atomic E-state index is 11.9. The summed E-state index contributed by atoms with van der Waals surface area (Å²) in [6, 6.07) is 13.3. The van der Waals surface area contributed by atoms with Crippen LogP contribution in [0.3, 0.4) is 0 Å². The lowest BCUT2D eigenvalue weighted by atomic mass is 10.1. The van der Waals surface area contributed by atoms with E-state index in [1.165, 1.54) is 6.21 Å². The van der Waals surface area contributed by atoms with Crippen LogP contribution in [0.1, 0.15) is 22.3 Å². The van der Waals surface area contributed by atoms with Crippen molar-refractivity contribution in [2.24, 2.45) is 5.10 Å². The van der Waals surface area contributed by atoms with Crippen LogP contribution in [-0.4, -0.2) is 18.0 Å². The smallest absolute Gasteiger partial charge is 0.317 e. The van der Waals surface area contributed by atoms with Crippen LogP contribution in [0.25, 0.3) is 0 Å². The normalized spacial score (nSPS) is 10.6. The van der Waals surface area contributed by atoms with Crippen LogP contribution in [0, 0.1) is 20.8 Å². The highest BCUT2D eigenvalue weighted by molar-refractivity contribution is 6.39. The fraction of sp³-hybridized carbons (Fsp3) is 0.167. The molecule has 0 atom stereocenters. The molecular formula is C18H19N3O2. The van der Waals surface area contributed by atoms with Crippen molar-refractivity contribution in [2.75, 3.05) is 5.32 Å². The zero-order valence-electron chi connectivity index (χ0n) is 13.4. The molecule has 118 valence electrons. The average molecular weight is 309 g/mol. The van der Waals surface area contributed by atoms with Crippen molar-refractivity contribution < 1.29 is 9.59 Å². The van der Waals surface area contributed by atoms with Crippen molar-refractivity contribution in [3.05, 3.63) is 64.7 Å². The molecule has 2 N–H and O–H groups in total. The largest absolute Gasteiger partial charge is 0.329 e. The number of hydrogen-bond acceptors (Lipinski definition) is 3. The van der Waals surface area contributed by atoms with E-state index in [9.17, 15) is 9.59 Å². The molecule has 2 aromatic carbocycles. The maximum absolute atomic E-state index is 11.9. The molecule has 2 amide bonds. The molecule has 2 rings (SSSR count). The molecule has 0 spiro atoms. The van der Waals surface area contributed by atoms with Gasteiger partial charge in [0.05, 0.1) is 6.21 Å². The summed E-state index contributed by atoms with van der Waals surface area (Å²) >= 11 is 0. The van der Waals surface area contributed by atoms with E-state index in [-0.39, 0.29) is 0 Å². The first kappa shape index (κ1) is 16.4. The molecule has 0 fully saturated rings. The van der Waals surface area contributed by atoms with E-state index in [2.05, 4.69) is 15.8 Å². The number of carbonyl (C=O) groups excluding carboxylic acids is 2. The van der Waals surface area contributed by atoms with Crippen molar-refractivity contribution in [2.45, 2.75) is 20.8 Å². The number of benzene rings is 2. The first-order valence-electron chi connectivity index (χ1n) is 7.24. The van der Waals surface area contributed by atoms with Gasteiger partial charge in [0.25, 0.3) is 0 Å². The van der Waals surface area contributed by atoms with Gasteiger partial charge in [-0.15, -0.1) is 0 Å². The van der Waals surface area contributed by atoms with E-state index < -0.39 is 11.8 Å². The lowest BCUT2D eigenvalue weighted by Crippen LogP contribution is -2.32. The van der Waals surface area contributed by atoms with E-state index in [0.717, 1.165) is 22.3 Å². The molecule has 0 bridgehead atoms. The summed E-state index contributed by atoms with van der Waals surface area (Å²) in [6.45, 7) is 5.73. The highest BCUT2D eigenvalue weighted by atomic mass is 16.2. The Bertz CT molecular complexity index is 729. The molecule has 23 heavy (non-hydrogen) atoms. The molecule has 0 aliphatic rings. The molecule has 0 aliphatic carbocycles. The standard InChI is InChI=1S/C18H19N3O2/c1-12-7-9-15(10-8-12)11-19-21-18(23)17(22)20-16-13(2)5-4-6-14(16)3/h4-11H,1-3H3,(H,20,22)(H,21,23)/b19-11-. The van der Waals surface area contributed by atoms with Crippen LogP contribution in [0.4, 0.5) is 5.69 Å². The molecule has 0 saturated heterocycles. The van der Waals surface area contributed by atoms with E-state index in [1.807, 2.05) is 63.2 Å². The summed E-state index contributed by atoms with van der Waals surface area (Å²) in [5.41, 5.74) is 6.64. The minimum Gasteiger partial charge on any atom is -0.317 e. The van der Waals surface area contributed by atoms with Crippen LogP contribution in [0.2, 0.25) is 0 Å². The van der Waals surface area contributed by atoms with Gasteiger partial charge in [-0.25, -0.2) is 5.43 Å². The minimum absolute atomic E-state index is 0.648. The number of carbonyl (C=O) groups is 2. The Hall–Kier alpha value is -2.95. The van der Waals surface area contributed by atoms with E-state index in [1.54, 1.807) is 0 Å². The Morgan fingerprint density at radius 2 is 1.52 bits per heavy atom. The number of para-hydroxylation sites is 1. The third kappa shape index (κ3) is 4.51. The van der Waals surface area contributed by atoms with Crippen molar-refractivity contribution in [1.29, 1.82) is 0 Å². The van der Waals surface area contributed by atoms with Gasteiger partial charge in [0, 0.05) is 5.69 Å². The van der Waals surface area contributed by atoms with Gasteiger partial charge < -0.3 is 5.32 Å². The Morgan fingerprint density at radius 3 is 2.13 bits per heavy atom. The van der Waals surface area contributed by atoms with Gasteiger partial charge in [-0.2, -0.15) is 5.10 Å². The Balaban J connectivity index is 1.95. The van der Waals surface area contributed by atoms with Gasteiger partial charge in [-0.1, -0.05) is 48.0 Å². The van der Waals surface area contributed by atoms with Crippen molar-refractivity contribution in [3.63, 3.8) is 0 Å². The number of aryl methyl sites for hydroxylation is 3. The molecular weight excluding hydrogens is 290 g/mol. The third-order valence-corrected chi connectivity index (χ3v) is 3.38. The predicted molar refractivity (Wildman–Crippen MR) is 91.5 cm³/mol. The maximum Gasteiger partial charge on any atom is 0.329 e. The molecule has 0 radical (unpaired) electrons. The first-order chi connectivity index (χ1) is 11.0. The van der Waals surface area contributed by atoms with Crippen LogP contribution < -0.4 is 10.7 Å². The van der Waals surface area contributed by atoms with E-state index in [0.29, 0.717) is 5.69 Å². The van der Waals surface area contributed by atoms with Crippen molar-refractivity contribution in [1.82, 2.24) is 5.43 Å². The fourth-order valence-corrected chi connectivity index (χ4v) is 2.05. The molecule has 0 unspecified atom stereocenters. The highest BCUT2D eigenvalue weighted by Crippen LogP contribution is 2.19. The van der Waals surface area contributed by atoms with Gasteiger partial charge in [-0.05, 0) is 37.5 Å². The van der Waals surface area contributed by atoms with Crippen LogP contribution >= 0.6 is 0 Å².